The van der Waals surface area contributed by atoms with Crippen molar-refractivity contribution in [2.45, 2.75) is 6.92 Å². The molecular formula is C14H11N3S. The summed E-state index contributed by atoms with van der Waals surface area (Å²) in [4.78, 5) is 11.6. The van der Waals surface area contributed by atoms with Crippen LogP contribution in [0.15, 0.2) is 42.7 Å². The van der Waals surface area contributed by atoms with Crippen LogP contribution in [0.25, 0.3) is 22.2 Å². The minimum Gasteiger partial charge on any atom is -0.346 e. The molecule has 2 heterocycles. The van der Waals surface area contributed by atoms with Gasteiger partial charge in [-0.25, -0.2) is 4.98 Å². The maximum absolute atomic E-state index is 5.07. The SMILES string of the molecule is Cc1ccc2cc(-c3cc(=S)nc[nH]3)ccc2n1. The second kappa shape index (κ2) is 4.31. The van der Waals surface area contributed by atoms with E-state index in [9.17, 15) is 0 Å². The van der Waals surface area contributed by atoms with E-state index in [1.165, 1.54) is 0 Å². The van der Waals surface area contributed by atoms with E-state index in [1.54, 1.807) is 6.33 Å². The summed E-state index contributed by atoms with van der Waals surface area (Å²) in [6.45, 7) is 1.99. The largest absolute Gasteiger partial charge is 0.346 e. The molecule has 0 spiro atoms. The van der Waals surface area contributed by atoms with Crippen LogP contribution in [-0.2, 0) is 0 Å². The zero-order valence-corrected chi connectivity index (χ0v) is 10.7. The molecule has 0 aliphatic carbocycles. The average molecular weight is 253 g/mol. The zero-order valence-electron chi connectivity index (χ0n) is 9.84. The number of benzene rings is 1. The normalized spacial score (nSPS) is 10.7. The van der Waals surface area contributed by atoms with Gasteiger partial charge in [-0.15, -0.1) is 0 Å². The van der Waals surface area contributed by atoms with Gasteiger partial charge in [0, 0.05) is 16.8 Å². The molecule has 0 unspecified atom stereocenters. The first-order chi connectivity index (χ1) is 8.72. The number of nitrogens with one attached hydrogen (secondary N) is 1. The van der Waals surface area contributed by atoms with Crippen LogP contribution in [0.4, 0.5) is 0 Å². The highest BCUT2D eigenvalue weighted by atomic mass is 32.1. The number of rotatable bonds is 1. The number of H-pyrrole nitrogens is 1. The molecule has 18 heavy (non-hydrogen) atoms. The summed E-state index contributed by atoms with van der Waals surface area (Å²) >= 11 is 5.07. The Morgan fingerprint density at radius 3 is 2.83 bits per heavy atom. The molecule has 1 N–H and O–H groups in total. The molecule has 3 nitrogen and oxygen atoms in total. The molecule has 0 atom stereocenters. The second-order valence-electron chi connectivity index (χ2n) is 4.16. The van der Waals surface area contributed by atoms with Gasteiger partial charge in [0.15, 0.2) is 0 Å². The third-order valence-corrected chi connectivity index (χ3v) is 3.04. The van der Waals surface area contributed by atoms with Crippen LogP contribution < -0.4 is 0 Å². The van der Waals surface area contributed by atoms with Gasteiger partial charge >= 0.3 is 0 Å². The standard InChI is InChI=1S/C14H11N3S/c1-9-2-3-10-6-11(4-5-12(10)17-9)13-7-14(18)16-8-15-13/h2-8H,1H3,(H,15,16,18). The van der Waals surface area contributed by atoms with Crippen molar-refractivity contribution < 1.29 is 0 Å². The number of aromatic nitrogens is 3. The Balaban J connectivity index is 2.19. The molecule has 0 fully saturated rings. The van der Waals surface area contributed by atoms with Gasteiger partial charge in [0.1, 0.15) is 4.64 Å². The molecule has 0 radical (unpaired) electrons. The summed E-state index contributed by atoms with van der Waals surface area (Å²) in [6.07, 6.45) is 1.62. The Hall–Kier alpha value is -2.07. The van der Waals surface area contributed by atoms with Crippen molar-refractivity contribution in [3.05, 3.63) is 53.1 Å². The minimum atomic E-state index is 0.589. The monoisotopic (exact) mass is 253 g/mol. The van der Waals surface area contributed by atoms with Crippen LogP contribution in [0.3, 0.4) is 0 Å². The van der Waals surface area contributed by atoms with Crippen LogP contribution in [-0.4, -0.2) is 15.0 Å². The van der Waals surface area contributed by atoms with Crippen molar-refractivity contribution in [1.29, 1.82) is 0 Å². The lowest BCUT2D eigenvalue weighted by Gasteiger charge is -2.04. The molecule has 0 aliphatic heterocycles. The van der Waals surface area contributed by atoms with Crippen molar-refractivity contribution >= 4 is 23.1 Å². The summed E-state index contributed by atoms with van der Waals surface area (Å²) < 4.78 is 0.589. The zero-order chi connectivity index (χ0) is 12.5. The van der Waals surface area contributed by atoms with Gasteiger partial charge in [0.25, 0.3) is 0 Å². The molecule has 0 saturated carbocycles. The number of nitrogens with zero attached hydrogens (tertiary/aromatic N) is 2. The lowest BCUT2D eigenvalue weighted by molar-refractivity contribution is 1.16. The summed E-state index contributed by atoms with van der Waals surface area (Å²) in [6, 6.07) is 12.1. The fourth-order valence-corrected chi connectivity index (χ4v) is 2.10. The van der Waals surface area contributed by atoms with Crippen LogP contribution in [0.2, 0.25) is 0 Å². The number of aryl methyl sites for hydroxylation is 1. The molecule has 2 aromatic heterocycles. The minimum absolute atomic E-state index is 0.589. The summed E-state index contributed by atoms with van der Waals surface area (Å²) in [5.74, 6) is 0. The van der Waals surface area contributed by atoms with Gasteiger partial charge in [-0.2, -0.15) is 0 Å². The topological polar surface area (TPSA) is 41.6 Å². The van der Waals surface area contributed by atoms with E-state index in [4.69, 9.17) is 12.2 Å². The lowest BCUT2D eigenvalue weighted by Crippen LogP contribution is -1.87. The maximum Gasteiger partial charge on any atom is 0.130 e. The molecule has 3 aromatic rings. The van der Waals surface area contributed by atoms with Crippen molar-refractivity contribution in [3.8, 4) is 11.3 Å². The predicted molar refractivity (Wildman–Crippen MR) is 74.9 cm³/mol. The Kier molecular flexibility index (Phi) is 2.64. The van der Waals surface area contributed by atoms with E-state index in [0.717, 1.165) is 27.9 Å². The highest BCUT2D eigenvalue weighted by molar-refractivity contribution is 7.71. The molecule has 0 aliphatic rings. The first kappa shape index (κ1) is 11.0. The highest BCUT2D eigenvalue weighted by Crippen LogP contribution is 2.21. The van der Waals surface area contributed by atoms with Gasteiger partial charge in [0.05, 0.1) is 11.8 Å². The van der Waals surface area contributed by atoms with E-state index in [2.05, 4.69) is 27.1 Å². The van der Waals surface area contributed by atoms with E-state index < -0.39 is 0 Å². The number of aromatic amines is 1. The van der Waals surface area contributed by atoms with E-state index in [0.29, 0.717) is 4.64 Å². The molecule has 3 rings (SSSR count). The highest BCUT2D eigenvalue weighted by Gasteiger charge is 2.01. The van der Waals surface area contributed by atoms with E-state index in [-0.39, 0.29) is 0 Å². The predicted octanol–water partition coefficient (Wildman–Crippen LogP) is 3.66. The number of hydrogen-bond acceptors (Lipinski definition) is 3. The van der Waals surface area contributed by atoms with Gasteiger partial charge in [0.2, 0.25) is 0 Å². The average Bonchev–Trinajstić information content (AvgIpc) is 2.38. The Labute approximate surface area is 110 Å². The first-order valence-electron chi connectivity index (χ1n) is 5.65. The quantitative estimate of drug-likeness (QED) is 0.673. The molecule has 0 saturated heterocycles. The summed E-state index contributed by atoms with van der Waals surface area (Å²) in [7, 11) is 0. The van der Waals surface area contributed by atoms with Crippen molar-refractivity contribution in [2.24, 2.45) is 0 Å². The number of fused-ring (bicyclic) bond motifs is 1. The fraction of sp³-hybridized carbons (Fsp3) is 0.0714. The third-order valence-electron chi connectivity index (χ3n) is 2.82. The van der Waals surface area contributed by atoms with Crippen LogP contribution in [0, 0.1) is 11.6 Å². The van der Waals surface area contributed by atoms with Gasteiger partial charge < -0.3 is 4.98 Å². The summed E-state index contributed by atoms with van der Waals surface area (Å²) in [5.41, 5.74) is 4.09. The Morgan fingerprint density at radius 2 is 2.00 bits per heavy atom. The van der Waals surface area contributed by atoms with E-state index in [1.807, 2.05) is 31.2 Å². The smallest absolute Gasteiger partial charge is 0.130 e. The lowest BCUT2D eigenvalue weighted by atomic mass is 10.1. The van der Waals surface area contributed by atoms with Gasteiger partial charge in [-0.1, -0.05) is 24.4 Å². The van der Waals surface area contributed by atoms with Gasteiger partial charge in [-0.05, 0) is 36.8 Å². The second-order valence-corrected chi connectivity index (χ2v) is 4.58. The van der Waals surface area contributed by atoms with Crippen LogP contribution >= 0.6 is 12.2 Å². The molecule has 0 amide bonds. The molecule has 4 heteroatoms. The fourth-order valence-electron chi connectivity index (χ4n) is 1.93. The maximum atomic E-state index is 5.07. The van der Waals surface area contributed by atoms with Crippen LogP contribution in [0.1, 0.15) is 5.69 Å². The molecule has 88 valence electrons. The number of hydrogen-bond donors (Lipinski definition) is 1. The first-order valence-corrected chi connectivity index (χ1v) is 6.06. The van der Waals surface area contributed by atoms with Crippen LogP contribution in [0.5, 0.6) is 0 Å². The van der Waals surface area contributed by atoms with Crippen molar-refractivity contribution in [3.63, 3.8) is 0 Å². The molecule has 1 aromatic carbocycles. The molecule has 0 bridgehead atoms. The number of pyridine rings is 1. The van der Waals surface area contributed by atoms with Crippen molar-refractivity contribution in [1.82, 2.24) is 15.0 Å². The van der Waals surface area contributed by atoms with E-state index >= 15 is 0 Å². The Bertz CT molecular complexity index is 777. The molecular weight excluding hydrogens is 242 g/mol. The van der Waals surface area contributed by atoms with Gasteiger partial charge in [-0.3, -0.25) is 4.98 Å². The summed E-state index contributed by atoms with van der Waals surface area (Å²) in [5, 5.41) is 1.12. The van der Waals surface area contributed by atoms with Crippen molar-refractivity contribution in [2.75, 3.05) is 0 Å². The Morgan fingerprint density at radius 1 is 1.11 bits per heavy atom. The third kappa shape index (κ3) is 2.02.